The molecule has 18 heavy (non-hydrogen) atoms. The third kappa shape index (κ3) is 2.02. The highest BCUT2D eigenvalue weighted by Crippen LogP contribution is 2.56. The van der Waals surface area contributed by atoms with Gasteiger partial charge in [0, 0.05) is 19.0 Å². The molecule has 2 saturated carbocycles. The fourth-order valence-electron chi connectivity index (χ4n) is 3.95. The fraction of sp³-hybridized carbons (Fsp3) is 0.857. The minimum Gasteiger partial charge on any atom is -0.481 e. The standard InChI is InChI=1S/C14H21NO3/c16-13(12-10-5-1-2-6-11(10)12)15-7-3-4-9(8-15)14(17)18/h9-12H,1-8H2,(H,17,18). The Morgan fingerprint density at radius 3 is 2.28 bits per heavy atom. The quantitative estimate of drug-likeness (QED) is 0.813. The maximum Gasteiger partial charge on any atom is 0.308 e. The minimum absolute atomic E-state index is 0.236. The minimum atomic E-state index is -0.749. The third-order valence-electron chi connectivity index (χ3n) is 5.02. The molecule has 3 atom stereocenters. The van der Waals surface area contributed by atoms with Crippen LogP contribution in [0.2, 0.25) is 0 Å². The lowest BCUT2D eigenvalue weighted by atomic mass is 9.98. The van der Waals surface area contributed by atoms with Crippen molar-refractivity contribution in [3.05, 3.63) is 0 Å². The topological polar surface area (TPSA) is 57.6 Å². The van der Waals surface area contributed by atoms with Crippen molar-refractivity contribution in [1.82, 2.24) is 4.90 Å². The van der Waals surface area contributed by atoms with Gasteiger partial charge in [0.2, 0.25) is 5.91 Å². The number of carbonyl (C=O) groups is 2. The maximum absolute atomic E-state index is 12.4. The number of hydrogen-bond acceptors (Lipinski definition) is 2. The van der Waals surface area contributed by atoms with Crippen molar-refractivity contribution in [1.29, 1.82) is 0 Å². The monoisotopic (exact) mass is 251 g/mol. The Balaban J connectivity index is 1.61. The highest BCUT2D eigenvalue weighted by molar-refractivity contribution is 5.83. The summed E-state index contributed by atoms with van der Waals surface area (Å²) in [5, 5.41) is 9.06. The first-order valence-corrected chi connectivity index (χ1v) is 7.20. The maximum atomic E-state index is 12.4. The van der Waals surface area contributed by atoms with Gasteiger partial charge in [0.1, 0.15) is 0 Å². The van der Waals surface area contributed by atoms with Crippen LogP contribution in [-0.4, -0.2) is 35.0 Å². The molecular formula is C14H21NO3. The molecule has 1 heterocycles. The van der Waals surface area contributed by atoms with Gasteiger partial charge in [-0.15, -0.1) is 0 Å². The number of carboxylic acid groups (broad SMARTS) is 1. The number of hydrogen-bond donors (Lipinski definition) is 1. The summed E-state index contributed by atoms with van der Waals surface area (Å²) < 4.78 is 0. The number of likely N-dealkylation sites (tertiary alicyclic amines) is 1. The van der Waals surface area contributed by atoms with E-state index in [1.807, 2.05) is 4.90 Å². The van der Waals surface area contributed by atoms with Gasteiger partial charge in [-0.3, -0.25) is 9.59 Å². The van der Waals surface area contributed by atoms with Crippen molar-refractivity contribution in [3.8, 4) is 0 Å². The second-order valence-electron chi connectivity index (χ2n) is 6.10. The molecule has 0 spiro atoms. The Hall–Kier alpha value is -1.06. The van der Waals surface area contributed by atoms with Gasteiger partial charge in [-0.05, 0) is 37.5 Å². The van der Waals surface area contributed by atoms with Crippen LogP contribution in [0.5, 0.6) is 0 Å². The molecule has 1 saturated heterocycles. The SMILES string of the molecule is O=C(O)C1CCCN(C(=O)C2C3CCCCC32)C1. The lowest BCUT2D eigenvalue weighted by molar-refractivity contribution is -0.146. The molecular weight excluding hydrogens is 230 g/mol. The number of fused-ring (bicyclic) bond motifs is 1. The molecule has 3 aliphatic rings. The number of aliphatic carboxylic acids is 1. The summed E-state index contributed by atoms with van der Waals surface area (Å²) in [7, 11) is 0. The van der Waals surface area contributed by atoms with Crippen LogP contribution >= 0.6 is 0 Å². The second-order valence-corrected chi connectivity index (χ2v) is 6.10. The van der Waals surface area contributed by atoms with Crippen LogP contribution in [-0.2, 0) is 9.59 Å². The molecule has 1 aliphatic heterocycles. The van der Waals surface area contributed by atoms with Crippen molar-refractivity contribution in [2.45, 2.75) is 38.5 Å². The van der Waals surface area contributed by atoms with E-state index in [1.165, 1.54) is 25.7 Å². The zero-order valence-electron chi connectivity index (χ0n) is 10.7. The summed E-state index contributed by atoms with van der Waals surface area (Å²) >= 11 is 0. The van der Waals surface area contributed by atoms with Gasteiger partial charge in [-0.25, -0.2) is 0 Å². The Morgan fingerprint density at radius 2 is 1.67 bits per heavy atom. The van der Waals surface area contributed by atoms with Crippen molar-refractivity contribution >= 4 is 11.9 Å². The van der Waals surface area contributed by atoms with Gasteiger partial charge < -0.3 is 10.0 Å². The molecule has 1 amide bonds. The number of amides is 1. The average Bonchev–Trinajstić information content (AvgIpc) is 3.12. The Labute approximate surface area is 107 Å². The number of carbonyl (C=O) groups excluding carboxylic acids is 1. The van der Waals surface area contributed by atoms with Crippen LogP contribution in [0.1, 0.15) is 38.5 Å². The van der Waals surface area contributed by atoms with Gasteiger partial charge in [-0.1, -0.05) is 12.8 Å². The number of rotatable bonds is 2. The fourth-order valence-corrected chi connectivity index (χ4v) is 3.95. The van der Waals surface area contributed by atoms with Gasteiger partial charge in [0.15, 0.2) is 0 Å². The molecule has 0 bridgehead atoms. The largest absolute Gasteiger partial charge is 0.481 e. The number of nitrogens with zero attached hydrogens (tertiary/aromatic N) is 1. The first-order valence-electron chi connectivity index (χ1n) is 7.20. The predicted molar refractivity (Wildman–Crippen MR) is 65.9 cm³/mol. The van der Waals surface area contributed by atoms with E-state index in [1.54, 1.807) is 0 Å². The van der Waals surface area contributed by atoms with E-state index >= 15 is 0 Å². The Morgan fingerprint density at radius 1 is 1.00 bits per heavy atom. The lowest BCUT2D eigenvalue weighted by Crippen LogP contribution is -2.43. The molecule has 3 unspecified atom stereocenters. The van der Waals surface area contributed by atoms with Crippen molar-refractivity contribution in [2.24, 2.45) is 23.7 Å². The summed E-state index contributed by atoms with van der Waals surface area (Å²) in [5.41, 5.74) is 0. The van der Waals surface area contributed by atoms with E-state index < -0.39 is 5.97 Å². The molecule has 3 rings (SSSR count). The molecule has 4 nitrogen and oxygen atoms in total. The van der Waals surface area contributed by atoms with Gasteiger partial charge in [0.25, 0.3) is 0 Å². The van der Waals surface area contributed by atoms with E-state index in [4.69, 9.17) is 5.11 Å². The Kier molecular flexibility index (Phi) is 3.04. The van der Waals surface area contributed by atoms with Crippen LogP contribution in [0.3, 0.4) is 0 Å². The molecule has 4 heteroatoms. The first kappa shape index (κ1) is 12.0. The number of piperidine rings is 1. The zero-order valence-corrected chi connectivity index (χ0v) is 10.7. The van der Waals surface area contributed by atoms with E-state index in [0.717, 1.165) is 19.4 Å². The van der Waals surface area contributed by atoms with Crippen LogP contribution in [0, 0.1) is 23.7 Å². The molecule has 2 aliphatic carbocycles. The van der Waals surface area contributed by atoms with Crippen LogP contribution in [0.15, 0.2) is 0 Å². The molecule has 0 aromatic rings. The van der Waals surface area contributed by atoms with Crippen LogP contribution < -0.4 is 0 Å². The highest BCUT2D eigenvalue weighted by atomic mass is 16.4. The predicted octanol–water partition coefficient (Wildman–Crippen LogP) is 1.75. The summed E-state index contributed by atoms with van der Waals surface area (Å²) in [4.78, 5) is 25.3. The number of carboxylic acids is 1. The van der Waals surface area contributed by atoms with Crippen molar-refractivity contribution < 1.29 is 14.7 Å². The molecule has 3 fully saturated rings. The van der Waals surface area contributed by atoms with Crippen LogP contribution in [0.25, 0.3) is 0 Å². The van der Waals surface area contributed by atoms with Crippen molar-refractivity contribution in [3.63, 3.8) is 0 Å². The smallest absolute Gasteiger partial charge is 0.308 e. The first-order chi connectivity index (χ1) is 8.68. The summed E-state index contributed by atoms with van der Waals surface area (Å²) in [6, 6.07) is 0. The summed E-state index contributed by atoms with van der Waals surface area (Å²) in [6.45, 7) is 1.20. The molecule has 100 valence electrons. The van der Waals surface area contributed by atoms with Gasteiger partial charge >= 0.3 is 5.97 Å². The van der Waals surface area contributed by atoms with Gasteiger partial charge in [-0.2, -0.15) is 0 Å². The molecule has 0 radical (unpaired) electrons. The molecule has 1 N–H and O–H groups in total. The lowest BCUT2D eigenvalue weighted by Gasteiger charge is -2.31. The second kappa shape index (κ2) is 4.56. The van der Waals surface area contributed by atoms with E-state index in [9.17, 15) is 9.59 Å². The van der Waals surface area contributed by atoms with E-state index in [2.05, 4.69) is 0 Å². The van der Waals surface area contributed by atoms with Gasteiger partial charge in [0.05, 0.1) is 5.92 Å². The highest BCUT2D eigenvalue weighted by Gasteiger charge is 2.56. The van der Waals surface area contributed by atoms with Crippen LogP contribution in [0.4, 0.5) is 0 Å². The summed E-state index contributed by atoms with van der Waals surface area (Å²) in [5.74, 6) is 0.634. The van der Waals surface area contributed by atoms with Crippen molar-refractivity contribution in [2.75, 3.05) is 13.1 Å². The van der Waals surface area contributed by atoms with E-state index in [0.29, 0.717) is 18.4 Å². The third-order valence-corrected chi connectivity index (χ3v) is 5.02. The van der Waals surface area contributed by atoms with E-state index in [-0.39, 0.29) is 17.7 Å². The Bertz CT molecular complexity index is 356. The molecule has 0 aromatic carbocycles. The normalized spacial score (nSPS) is 39.0. The summed E-state index contributed by atoms with van der Waals surface area (Å²) in [6.07, 6.45) is 6.50. The molecule has 0 aromatic heterocycles. The average molecular weight is 251 g/mol. The zero-order chi connectivity index (χ0) is 12.7.